The first-order chi connectivity index (χ1) is 13.7. The first-order valence-corrected chi connectivity index (χ1v) is 9.96. The molecule has 0 N–H and O–H groups in total. The van der Waals surface area contributed by atoms with Crippen LogP contribution in [0.4, 0.5) is 10.1 Å². The quantitative estimate of drug-likeness (QED) is 0.316. The first-order valence-electron chi connectivity index (χ1n) is 9.17. The number of nitrogens with zero attached hydrogens (tertiary/aromatic N) is 1. The predicted molar refractivity (Wildman–Crippen MR) is 113 cm³/mol. The number of aliphatic imine (C=N–C) groups is 1. The third kappa shape index (κ3) is 6.78. The fraction of sp³-hybridized carbons (Fsp3) is 0.318. The van der Waals surface area contributed by atoms with Gasteiger partial charge in [-0.15, -0.1) is 0 Å². The zero-order valence-electron chi connectivity index (χ0n) is 16.7. The van der Waals surface area contributed by atoms with Gasteiger partial charge in [-0.2, -0.15) is 0 Å². The Kier molecular flexibility index (Phi) is 8.08. The molecule has 0 aliphatic carbocycles. The summed E-state index contributed by atoms with van der Waals surface area (Å²) in [6.45, 7) is 6.72. The van der Waals surface area contributed by atoms with Crippen LogP contribution in [0.5, 0.6) is 0 Å². The van der Waals surface area contributed by atoms with Crippen LogP contribution in [0.3, 0.4) is 0 Å². The van der Waals surface area contributed by atoms with Crippen LogP contribution in [0.2, 0.25) is 0 Å². The molecule has 0 aliphatic rings. The number of benzene rings is 2. The van der Waals surface area contributed by atoms with Crippen LogP contribution in [-0.4, -0.2) is 30.4 Å². The van der Waals surface area contributed by atoms with Crippen molar-refractivity contribution in [1.29, 1.82) is 0 Å². The Morgan fingerprint density at radius 1 is 0.966 bits per heavy atom. The molecule has 0 spiro atoms. The minimum Gasteiger partial charge on any atom is -0.462 e. The minimum absolute atomic E-state index is 0.152. The molecule has 2 aromatic rings. The van der Waals surface area contributed by atoms with Gasteiger partial charge in [0.2, 0.25) is 0 Å². The van der Waals surface area contributed by atoms with Crippen molar-refractivity contribution < 1.29 is 23.5 Å². The second kappa shape index (κ2) is 10.3. The van der Waals surface area contributed by atoms with E-state index < -0.39 is 35.9 Å². The van der Waals surface area contributed by atoms with E-state index in [1.54, 1.807) is 27.7 Å². The topological polar surface area (TPSA) is 65.0 Å². The molecule has 0 unspecified atom stereocenters. The summed E-state index contributed by atoms with van der Waals surface area (Å²) in [5.41, 5.74) is 1.14. The zero-order chi connectivity index (χ0) is 21.6. The Labute approximate surface area is 178 Å². The van der Waals surface area contributed by atoms with Gasteiger partial charge < -0.3 is 9.47 Å². The van der Waals surface area contributed by atoms with Gasteiger partial charge in [0.15, 0.2) is 5.92 Å². The van der Waals surface area contributed by atoms with Crippen molar-refractivity contribution in [3.63, 3.8) is 0 Å². The molecule has 0 aromatic heterocycles. The standard InChI is InChI=1S/C22H23BrFNO4/c1-13(2)28-21(26)20(22(27)29-14(3)4)18-10-9-17(24)11-19(18)25-12-15-5-7-16(23)8-6-15/h5-14,20H,1-4H3. The molecule has 0 bridgehead atoms. The fourth-order valence-electron chi connectivity index (χ4n) is 2.52. The highest BCUT2D eigenvalue weighted by Gasteiger charge is 2.35. The summed E-state index contributed by atoms with van der Waals surface area (Å²) in [5, 5.41) is 0. The molecule has 0 amide bonds. The van der Waals surface area contributed by atoms with Gasteiger partial charge in [0.1, 0.15) is 5.82 Å². The molecule has 0 fully saturated rings. The van der Waals surface area contributed by atoms with E-state index in [4.69, 9.17) is 9.47 Å². The molecule has 0 aliphatic heterocycles. The minimum atomic E-state index is -1.36. The van der Waals surface area contributed by atoms with Gasteiger partial charge in [0, 0.05) is 16.3 Å². The van der Waals surface area contributed by atoms with Crippen LogP contribution in [0.25, 0.3) is 0 Å². The summed E-state index contributed by atoms with van der Waals surface area (Å²) in [5.74, 6) is -3.43. The molecular formula is C22H23BrFNO4. The van der Waals surface area contributed by atoms with Crippen LogP contribution in [0.15, 0.2) is 51.9 Å². The lowest BCUT2D eigenvalue weighted by Gasteiger charge is -2.20. The number of rotatable bonds is 7. The number of esters is 2. The summed E-state index contributed by atoms with van der Waals surface area (Å²) in [4.78, 5) is 29.6. The number of ether oxygens (including phenoxy) is 2. The largest absolute Gasteiger partial charge is 0.462 e. The molecule has 0 atom stereocenters. The number of halogens is 2. The monoisotopic (exact) mass is 463 g/mol. The van der Waals surface area contributed by atoms with Gasteiger partial charge in [0.05, 0.1) is 17.9 Å². The average Bonchev–Trinajstić information content (AvgIpc) is 2.61. The fourth-order valence-corrected chi connectivity index (χ4v) is 2.78. The third-order valence-corrected chi connectivity index (χ3v) is 4.23. The predicted octanol–water partition coefficient (Wildman–Crippen LogP) is 5.33. The molecule has 29 heavy (non-hydrogen) atoms. The molecule has 154 valence electrons. The van der Waals surface area contributed by atoms with Crippen molar-refractivity contribution in [2.45, 2.75) is 45.8 Å². The van der Waals surface area contributed by atoms with E-state index in [1.165, 1.54) is 24.4 Å². The van der Waals surface area contributed by atoms with Gasteiger partial charge in [-0.1, -0.05) is 34.1 Å². The van der Waals surface area contributed by atoms with E-state index >= 15 is 0 Å². The highest BCUT2D eigenvalue weighted by Crippen LogP contribution is 2.31. The van der Waals surface area contributed by atoms with Crippen molar-refractivity contribution in [3.8, 4) is 0 Å². The van der Waals surface area contributed by atoms with E-state index in [-0.39, 0.29) is 11.3 Å². The SMILES string of the molecule is CC(C)OC(=O)C(C(=O)OC(C)C)c1ccc(F)cc1N=Cc1ccc(Br)cc1. The number of carbonyl (C=O) groups is 2. The maximum atomic E-state index is 13.9. The Bertz CT molecular complexity index is 872. The molecule has 0 radical (unpaired) electrons. The van der Waals surface area contributed by atoms with E-state index in [0.717, 1.165) is 10.0 Å². The summed E-state index contributed by atoms with van der Waals surface area (Å²) in [7, 11) is 0. The van der Waals surface area contributed by atoms with Crippen molar-refractivity contribution in [1.82, 2.24) is 0 Å². The van der Waals surface area contributed by atoms with Gasteiger partial charge >= 0.3 is 11.9 Å². The number of carbonyl (C=O) groups excluding carboxylic acids is 2. The Hall–Kier alpha value is -2.54. The highest BCUT2D eigenvalue weighted by atomic mass is 79.9. The smallest absolute Gasteiger partial charge is 0.325 e. The zero-order valence-corrected chi connectivity index (χ0v) is 18.3. The van der Waals surface area contributed by atoms with Crippen LogP contribution >= 0.6 is 15.9 Å². The van der Waals surface area contributed by atoms with Crippen molar-refractivity contribution in [2.24, 2.45) is 4.99 Å². The maximum Gasteiger partial charge on any atom is 0.325 e. The Morgan fingerprint density at radius 2 is 1.52 bits per heavy atom. The molecular weight excluding hydrogens is 441 g/mol. The lowest BCUT2D eigenvalue weighted by atomic mass is 9.97. The van der Waals surface area contributed by atoms with Gasteiger partial charge in [-0.25, -0.2) is 4.39 Å². The molecule has 5 nitrogen and oxygen atoms in total. The van der Waals surface area contributed by atoms with E-state index in [2.05, 4.69) is 20.9 Å². The second-order valence-corrected chi connectivity index (χ2v) is 7.83. The molecule has 0 saturated heterocycles. The third-order valence-electron chi connectivity index (χ3n) is 3.70. The number of hydrogen-bond donors (Lipinski definition) is 0. The number of hydrogen-bond acceptors (Lipinski definition) is 5. The summed E-state index contributed by atoms with van der Waals surface area (Å²) in [6, 6.07) is 11.0. The Balaban J connectivity index is 2.47. The van der Waals surface area contributed by atoms with Crippen molar-refractivity contribution >= 4 is 39.8 Å². The first kappa shape index (κ1) is 22.7. The summed E-state index contributed by atoms with van der Waals surface area (Å²) >= 11 is 3.36. The lowest BCUT2D eigenvalue weighted by Crippen LogP contribution is -2.29. The molecule has 2 rings (SSSR count). The average molecular weight is 464 g/mol. The summed E-state index contributed by atoms with van der Waals surface area (Å²) in [6.07, 6.45) is 0.683. The highest BCUT2D eigenvalue weighted by molar-refractivity contribution is 9.10. The van der Waals surface area contributed by atoms with Crippen LogP contribution in [-0.2, 0) is 19.1 Å². The Morgan fingerprint density at radius 3 is 2.03 bits per heavy atom. The molecule has 0 heterocycles. The van der Waals surface area contributed by atoms with Crippen LogP contribution in [0.1, 0.15) is 44.7 Å². The van der Waals surface area contributed by atoms with Crippen LogP contribution < -0.4 is 0 Å². The van der Waals surface area contributed by atoms with Crippen LogP contribution in [0, 0.1) is 5.82 Å². The van der Waals surface area contributed by atoms with Gasteiger partial charge in [0.25, 0.3) is 0 Å². The molecule has 2 aromatic carbocycles. The van der Waals surface area contributed by atoms with Crippen molar-refractivity contribution in [3.05, 3.63) is 63.9 Å². The lowest BCUT2D eigenvalue weighted by molar-refractivity contribution is -0.161. The molecule has 7 heteroatoms. The van der Waals surface area contributed by atoms with Gasteiger partial charge in [-0.05, 0) is 57.5 Å². The summed E-state index contributed by atoms with van der Waals surface area (Å²) < 4.78 is 25.3. The normalized spacial score (nSPS) is 11.5. The molecule has 0 saturated carbocycles. The van der Waals surface area contributed by atoms with E-state index in [1.807, 2.05) is 24.3 Å². The van der Waals surface area contributed by atoms with E-state index in [9.17, 15) is 14.0 Å². The van der Waals surface area contributed by atoms with Crippen molar-refractivity contribution in [2.75, 3.05) is 0 Å². The van der Waals surface area contributed by atoms with Gasteiger partial charge in [-0.3, -0.25) is 14.6 Å². The van der Waals surface area contributed by atoms with E-state index in [0.29, 0.717) is 0 Å². The maximum absolute atomic E-state index is 13.9. The second-order valence-electron chi connectivity index (χ2n) is 6.92.